The van der Waals surface area contributed by atoms with E-state index in [4.69, 9.17) is 0 Å². The highest BCUT2D eigenvalue weighted by atomic mass is 32.3. The lowest BCUT2D eigenvalue weighted by Gasteiger charge is -2.15. The minimum absolute atomic E-state index is 0.277. The van der Waals surface area contributed by atoms with Gasteiger partial charge in [-0.15, -0.1) is 0 Å². The van der Waals surface area contributed by atoms with Crippen molar-refractivity contribution in [3.05, 3.63) is 0 Å². The topological polar surface area (TPSA) is 83.6 Å². The number of nitrogens with one attached hydrogen (secondary N) is 1. The Hall–Kier alpha value is -0.180. The molecule has 0 aliphatic carbocycles. The van der Waals surface area contributed by atoms with Gasteiger partial charge in [0.25, 0.3) is 0 Å². The summed E-state index contributed by atoms with van der Waals surface area (Å²) in [6, 6.07) is 0. The fourth-order valence-corrected chi connectivity index (χ4v) is 5.43. The van der Waals surface area contributed by atoms with Crippen molar-refractivity contribution < 1.29 is 16.8 Å². The van der Waals surface area contributed by atoms with Gasteiger partial charge in [0, 0.05) is 19.3 Å². The van der Waals surface area contributed by atoms with E-state index in [1.54, 1.807) is 0 Å². The van der Waals surface area contributed by atoms with E-state index >= 15 is 0 Å². The molecule has 0 aromatic heterocycles. The molecule has 1 aliphatic rings. The van der Waals surface area contributed by atoms with Crippen LogP contribution in [-0.4, -0.2) is 59.2 Å². The molecular formula is C8H18N2O4S2. The minimum atomic E-state index is -3.65. The third-order valence-corrected chi connectivity index (χ3v) is 6.52. The summed E-state index contributed by atoms with van der Waals surface area (Å²) < 4.78 is 46.7. The molecule has 1 rings (SSSR count). The first kappa shape index (κ1) is 13.9. The maximum Gasteiger partial charge on any atom is 0.228 e. The summed E-state index contributed by atoms with van der Waals surface area (Å²) >= 11 is 0. The van der Waals surface area contributed by atoms with Crippen molar-refractivity contribution in [2.75, 3.05) is 38.0 Å². The van der Waals surface area contributed by atoms with Crippen LogP contribution in [0.1, 0.15) is 6.42 Å². The van der Waals surface area contributed by atoms with Gasteiger partial charge in [-0.1, -0.05) is 0 Å². The van der Waals surface area contributed by atoms with Crippen molar-refractivity contribution in [2.24, 2.45) is 5.92 Å². The SMILES string of the molecule is CNCC1CCN(S(=O)(=O)CS(C)(=O)=O)C1. The number of hydrogen-bond acceptors (Lipinski definition) is 5. The van der Waals surface area contributed by atoms with Gasteiger partial charge in [0.1, 0.15) is 0 Å². The monoisotopic (exact) mass is 270 g/mol. The van der Waals surface area contributed by atoms with E-state index in [9.17, 15) is 16.8 Å². The number of sulfone groups is 1. The van der Waals surface area contributed by atoms with Gasteiger partial charge in [-0.05, 0) is 25.9 Å². The standard InChI is InChI=1S/C8H18N2O4S2/c1-9-5-8-3-4-10(6-8)16(13,14)7-15(2,11)12/h8-9H,3-7H2,1-2H3. The molecule has 0 amide bonds. The van der Waals surface area contributed by atoms with Crippen molar-refractivity contribution in [1.82, 2.24) is 9.62 Å². The molecule has 0 saturated carbocycles. The summed E-state index contributed by atoms with van der Waals surface area (Å²) in [6.07, 6.45) is 1.72. The molecule has 0 aromatic carbocycles. The maximum atomic E-state index is 11.7. The summed E-state index contributed by atoms with van der Waals surface area (Å²) in [5.41, 5.74) is 0. The van der Waals surface area contributed by atoms with E-state index in [2.05, 4.69) is 5.32 Å². The van der Waals surface area contributed by atoms with Crippen molar-refractivity contribution in [2.45, 2.75) is 6.42 Å². The second-order valence-corrected chi connectivity index (χ2v) is 8.70. The summed E-state index contributed by atoms with van der Waals surface area (Å²) in [4.78, 5) is 0. The Morgan fingerprint density at radius 3 is 2.44 bits per heavy atom. The Labute approximate surface area is 97.0 Å². The summed E-state index contributed by atoms with van der Waals surface area (Å²) in [6.45, 7) is 1.59. The first-order chi connectivity index (χ1) is 7.24. The molecule has 8 heteroatoms. The minimum Gasteiger partial charge on any atom is -0.319 e. The lowest BCUT2D eigenvalue weighted by molar-refractivity contribution is 0.453. The molecule has 0 radical (unpaired) electrons. The summed E-state index contributed by atoms with van der Waals surface area (Å²) in [5.74, 6) is 0.277. The van der Waals surface area contributed by atoms with Crippen LogP contribution in [0.15, 0.2) is 0 Å². The van der Waals surface area contributed by atoms with Crippen molar-refractivity contribution in [3.63, 3.8) is 0 Å². The molecule has 1 atom stereocenters. The van der Waals surface area contributed by atoms with Crippen LogP contribution in [0, 0.1) is 5.92 Å². The maximum absolute atomic E-state index is 11.7. The Morgan fingerprint density at radius 1 is 1.31 bits per heavy atom. The highest BCUT2D eigenvalue weighted by Gasteiger charge is 2.32. The Balaban J connectivity index is 2.66. The van der Waals surface area contributed by atoms with E-state index < -0.39 is 24.9 Å². The van der Waals surface area contributed by atoms with E-state index in [0.29, 0.717) is 13.1 Å². The van der Waals surface area contributed by atoms with Crippen LogP contribution in [0.3, 0.4) is 0 Å². The highest BCUT2D eigenvalue weighted by Crippen LogP contribution is 2.19. The second-order valence-electron chi connectivity index (χ2n) is 4.23. The smallest absolute Gasteiger partial charge is 0.228 e. The van der Waals surface area contributed by atoms with Crippen molar-refractivity contribution >= 4 is 19.9 Å². The van der Waals surface area contributed by atoms with E-state index in [0.717, 1.165) is 19.2 Å². The average Bonchev–Trinajstić information content (AvgIpc) is 2.49. The first-order valence-corrected chi connectivity index (χ1v) is 8.72. The predicted molar refractivity (Wildman–Crippen MR) is 62.2 cm³/mol. The lowest BCUT2D eigenvalue weighted by Crippen LogP contribution is -2.34. The molecule has 6 nitrogen and oxygen atoms in total. The molecular weight excluding hydrogens is 252 g/mol. The van der Waals surface area contributed by atoms with Crippen LogP contribution in [0.4, 0.5) is 0 Å². The van der Waals surface area contributed by atoms with E-state index in [1.807, 2.05) is 7.05 Å². The van der Waals surface area contributed by atoms with Gasteiger partial charge in [0.15, 0.2) is 14.9 Å². The third-order valence-electron chi connectivity index (χ3n) is 2.50. The van der Waals surface area contributed by atoms with Crippen molar-refractivity contribution in [3.8, 4) is 0 Å². The lowest BCUT2D eigenvalue weighted by atomic mass is 10.1. The molecule has 1 N–H and O–H groups in total. The normalized spacial score (nSPS) is 23.8. The molecule has 1 unspecified atom stereocenters. The molecule has 1 aliphatic heterocycles. The molecule has 0 aromatic rings. The number of nitrogens with zero attached hydrogens (tertiary/aromatic N) is 1. The highest BCUT2D eigenvalue weighted by molar-refractivity contribution is 8.06. The Morgan fingerprint density at radius 2 is 1.94 bits per heavy atom. The molecule has 0 bridgehead atoms. The first-order valence-electron chi connectivity index (χ1n) is 5.05. The number of hydrogen-bond donors (Lipinski definition) is 1. The number of sulfonamides is 1. The van der Waals surface area contributed by atoms with Gasteiger partial charge in [-0.3, -0.25) is 0 Å². The fraction of sp³-hybridized carbons (Fsp3) is 1.00. The zero-order valence-corrected chi connectivity index (χ0v) is 11.1. The summed E-state index contributed by atoms with van der Waals surface area (Å²) in [7, 11) is -5.33. The fourth-order valence-electron chi connectivity index (χ4n) is 1.85. The molecule has 16 heavy (non-hydrogen) atoms. The molecule has 1 fully saturated rings. The van der Waals surface area contributed by atoms with Gasteiger partial charge >= 0.3 is 0 Å². The van der Waals surface area contributed by atoms with Crippen LogP contribution < -0.4 is 5.32 Å². The van der Waals surface area contributed by atoms with E-state index in [-0.39, 0.29) is 5.92 Å². The van der Waals surface area contributed by atoms with Gasteiger partial charge in [-0.25, -0.2) is 21.1 Å². The predicted octanol–water partition coefficient (Wildman–Crippen LogP) is -1.14. The zero-order chi connectivity index (χ0) is 12.4. The van der Waals surface area contributed by atoms with Gasteiger partial charge in [-0.2, -0.15) is 0 Å². The Kier molecular flexibility index (Phi) is 4.33. The molecule has 96 valence electrons. The van der Waals surface area contributed by atoms with Crippen LogP contribution in [-0.2, 0) is 19.9 Å². The van der Waals surface area contributed by atoms with Crippen LogP contribution in [0.2, 0.25) is 0 Å². The second kappa shape index (κ2) is 4.99. The van der Waals surface area contributed by atoms with Gasteiger partial charge < -0.3 is 5.32 Å². The van der Waals surface area contributed by atoms with E-state index in [1.165, 1.54) is 4.31 Å². The third kappa shape index (κ3) is 4.00. The Bertz CT molecular complexity index is 429. The van der Waals surface area contributed by atoms with Gasteiger partial charge in [0.05, 0.1) is 0 Å². The van der Waals surface area contributed by atoms with Gasteiger partial charge in [0.2, 0.25) is 10.0 Å². The zero-order valence-electron chi connectivity index (χ0n) is 9.51. The molecule has 1 heterocycles. The largest absolute Gasteiger partial charge is 0.319 e. The van der Waals surface area contributed by atoms with Crippen molar-refractivity contribution in [1.29, 1.82) is 0 Å². The summed E-state index contributed by atoms with van der Waals surface area (Å²) in [5, 5.41) is 2.20. The molecule has 0 spiro atoms. The molecule has 1 saturated heterocycles. The van der Waals surface area contributed by atoms with Crippen LogP contribution in [0.5, 0.6) is 0 Å². The van der Waals surface area contributed by atoms with Crippen LogP contribution >= 0.6 is 0 Å². The average molecular weight is 270 g/mol. The number of rotatable bonds is 5. The quantitative estimate of drug-likeness (QED) is 0.683. The van der Waals surface area contributed by atoms with Crippen LogP contribution in [0.25, 0.3) is 0 Å².